The summed E-state index contributed by atoms with van der Waals surface area (Å²) in [5.41, 5.74) is 7.08. The summed E-state index contributed by atoms with van der Waals surface area (Å²) in [5, 5.41) is 2.55. The summed E-state index contributed by atoms with van der Waals surface area (Å²) in [6.07, 6.45) is 3.86. The number of ether oxygens (including phenoxy) is 1. The van der Waals surface area contributed by atoms with Crippen molar-refractivity contribution >= 4 is 34.4 Å². The van der Waals surface area contributed by atoms with Crippen LogP contribution in [0.3, 0.4) is 0 Å². The number of halogens is 1. The Kier molecular flexibility index (Phi) is 4.15. The van der Waals surface area contributed by atoms with Crippen molar-refractivity contribution in [2.45, 2.75) is 18.9 Å². The monoisotopic (exact) mass is 326 g/mol. The Bertz CT molecular complexity index is 291. The van der Waals surface area contributed by atoms with E-state index in [0.717, 1.165) is 21.6 Å². The highest BCUT2D eigenvalue weighted by Gasteiger charge is 2.29. The first-order valence-electron chi connectivity index (χ1n) is 4.39. The molecule has 1 aliphatic rings. The maximum Gasteiger partial charge on any atom is 0.228 e. The summed E-state index contributed by atoms with van der Waals surface area (Å²) in [6.45, 7) is 4.88. The van der Waals surface area contributed by atoms with Crippen molar-refractivity contribution in [3.05, 3.63) is 21.1 Å². The van der Waals surface area contributed by atoms with Crippen molar-refractivity contribution in [3.8, 4) is 0 Å². The predicted molar refractivity (Wildman–Crippen MR) is 70.0 cm³/mol. The van der Waals surface area contributed by atoms with Gasteiger partial charge in [0.15, 0.2) is 0 Å². The topological polar surface area (TPSA) is 47.3 Å². The molecule has 1 rings (SSSR count). The van der Waals surface area contributed by atoms with Crippen LogP contribution in [0, 0.1) is 0 Å². The second-order valence-electron chi connectivity index (χ2n) is 2.99. The molecule has 1 aliphatic heterocycles. The van der Waals surface area contributed by atoms with Crippen molar-refractivity contribution in [1.29, 1.82) is 0 Å². The maximum atomic E-state index is 6.02. The molecule has 0 aromatic carbocycles. The van der Waals surface area contributed by atoms with Gasteiger partial charge in [-0.25, -0.2) is 0 Å². The number of nitrogens with one attached hydrogen (secondary N) is 1. The van der Waals surface area contributed by atoms with Gasteiger partial charge in [-0.2, -0.15) is 0 Å². The first kappa shape index (κ1) is 12.2. The number of hydrogen-bond acceptors (Lipinski definition) is 4. The molecule has 0 spiro atoms. The number of likely N-dealkylation sites (N-methyl/N-ethyl adjacent to an activating group) is 1. The van der Waals surface area contributed by atoms with Gasteiger partial charge in [-0.3, -0.25) is 5.73 Å². The molecule has 0 amide bonds. The van der Waals surface area contributed by atoms with Crippen LogP contribution >= 0.6 is 34.4 Å². The van der Waals surface area contributed by atoms with Crippen molar-refractivity contribution in [1.82, 2.24) is 5.32 Å². The summed E-state index contributed by atoms with van der Waals surface area (Å²) in [7, 11) is 0. The molecular weight excluding hydrogens is 311 g/mol. The third kappa shape index (κ3) is 2.58. The van der Waals surface area contributed by atoms with Crippen molar-refractivity contribution in [3.63, 3.8) is 0 Å². The Morgan fingerprint density at radius 1 is 1.71 bits per heavy atom. The Morgan fingerprint density at radius 3 is 2.86 bits per heavy atom. The molecule has 14 heavy (non-hydrogen) atoms. The van der Waals surface area contributed by atoms with Gasteiger partial charge in [0.25, 0.3) is 0 Å². The molecular formula is C9H15IN2OS. The van der Waals surface area contributed by atoms with Crippen molar-refractivity contribution < 1.29 is 4.74 Å². The molecule has 0 radical (unpaired) electrons. The van der Waals surface area contributed by atoms with E-state index in [1.165, 1.54) is 11.8 Å². The fraction of sp³-hybridized carbons (Fsp3) is 0.556. The zero-order chi connectivity index (χ0) is 10.8. The van der Waals surface area contributed by atoms with E-state index in [0.29, 0.717) is 0 Å². The van der Waals surface area contributed by atoms with Crippen LogP contribution < -0.4 is 11.1 Å². The SMILES string of the molecule is CCNC1=CC(N)(SC)OC(C)=C1I. The Morgan fingerprint density at radius 2 is 2.36 bits per heavy atom. The molecule has 3 nitrogen and oxygen atoms in total. The first-order valence-corrected chi connectivity index (χ1v) is 6.69. The second kappa shape index (κ2) is 4.76. The summed E-state index contributed by atoms with van der Waals surface area (Å²) in [5.74, 6) is 0.876. The summed E-state index contributed by atoms with van der Waals surface area (Å²) >= 11 is 3.75. The first-order chi connectivity index (χ1) is 6.52. The summed E-state index contributed by atoms with van der Waals surface area (Å²) in [6, 6.07) is 0. The highest BCUT2D eigenvalue weighted by Crippen LogP contribution is 2.34. The van der Waals surface area contributed by atoms with E-state index in [9.17, 15) is 0 Å². The number of rotatable bonds is 3. The zero-order valence-corrected chi connectivity index (χ0v) is 11.5. The molecule has 0 aliphatic carbocycles. The van der Waals surface area contributed by atoms with E-state index in [4.69, 9.17) is 10.5 Å². The predicted octanol–water partition coefficient (Wildman–Crippen LogP) is 2.15. The zero-order valence-electron chi connectivity index (χ0n) is 8.56. The van der Waals surface area contributed by atoms with Crippen LogP contribution in [0.4, 0.5) is 0 Å². The highest BCUT2D eigenvalue weighted by atomic mass is 127. The van der Waals surface area contributed by atoms with E-state index in [1.807, 2.05) is 19.3 Å². The van der Waals surface area contributed by atoms with E-state index in [-0.39, 0.29) is 0 Å². The van der Waals surface area contributed by atoms with Crippen LogP contribution in [0.2, 0.25) is 0 Å². The normalized spacial score (nSPS) is 27.1. The molecule has 0 saturated heterocycles. The average Bonchev–Trinajstić information content (AvgIpc) is 2.14. The minimum atomic E-state index is -0.726. The van der Waals surface area contributed by atoms with E-state index >= 15 is 0 Å². The maximum absolute atomic E-state index is 6.02. The van der Waals surface area contributed by atoms with Crippen LogP contribution in [0.25, 0.3) is 0 Å². The molecule has 0 bridgehead atoms. The van der Waals surface area contributed by atoms with Gasteiger partial charge in [-0.15, -0.1) is 0 Å². The van der Waals surface area contributed by atoms with Crippen LogP contribution in [-0.4, -0.2) is 17.9 Å². The minimum absolute atomic E-state index is 0.726. The second-order valence-corrected chi connectivity index (χ2v) is 5.11. The summed E-state index contributed by atoms with van der Waals surface area (Å²) < 4.78 is 6.71. The molecule has 1 heterocycles. The number of allylic oxidation sites excluding steroid dienone is 2. The standard InChI is InChI=1S/C9H15IN2OS/c1-4-12-7-5-9(11,14-3)13-6(2)8(7)10/h5,12H,4,11H2,1-3H3. The van der Waals surface area contributed by atoms with E-state index in [2.05, 4.69) is 34.8 Å². The van der Waals surface area contributed by atoms with Gasteiger partial charge in [0.1, 0.15) is 5.76 Å². The molecule has 0 aromatic rings. The smallest absolute Gasteiger partial charge is 0.228 e. The number of thioether (sulfide) groups is 1. The lowest BCUT2D eigenvalue weighted by Crippen LogP contribution is -2.40. The van der Waals surface area contributed by atoms with Crippen molar-refractivity contribution in [2.24, 2.45) is 5.73 Å². The van der Waals surface area contributed by atoms with Gasteiger partial charge in [0.05, 0.1) is 9.28 Å². The molecule has 1 unspecified atom stereocenters. The lowest BCUT2D eigenvalue weighted by Gasteiger charge is -2.31. The average molecular weight is 326 g/mol. The fourth-order valence-electron chi connectivity index (χ4n) is 1.19. The van der Waals surface area contributed by atoms with Crippen LogP contribution in [-0.2, 0) is 4.74 Å². The molecule has 80 valence electrons. The van der Waals surface area contributed by atoms with Gasteiger partial charge in [0, 0.05) is 12.6 Å². The molecule has 0 saturated carbocycles. The molecule has 0 fully saturated rings. The van der Waals surface area contributed by atoms with Crippen LogP contribution in [0.5, 0.6) is 0 Å². The van der Waals surface area contributed by atoms with E-state index < -0.39 is 5.06 Å². The summed E-state index contributed by atoms with van der Waals surface area (Å²) in [4.78, 5) is 0. The largest absolute Gasteiger partial charge is 0.463 e. The third-order valence-corrected chi connectivity index (χ3v) is 4.07. The van der Waals surface area contributed by atoms with Gasteiger partial charge < -0.3 is 10.1 Å². The Balaban J connectivity index is 2.97. The van der Waals surface area contributed by atoms with Crippen molar-refractivity contribution in [2.75, 3.05) is 12.8 Å². The lowest BCUT2D eigenvalue weighted by atomic mass is 10.2. The van der Waals surface area contributed by atoms with Crippen LogP contribution in [0.1, 0.15) is 13.8 Å². The quantitative estimate of drug-likeness (QED) is 0.616. The minimum Gasteiger partial charge on any atom is -0.463 e. The highest BCUT2D eigenvalue weighted by molar-refractivity contribution is 14.1. The van der Waals surface area contributed by atoms with E-state index in [1.54, 1.807) is 0 Å². The lowest BCUT2D eigenvalue weighted by molar-refractivity contribution is 0.126. The Labute approximate surface area is 103 Å². The third-order valence-electron chi connectivity index (χ3n) is 1.89. The molecule has 1 atom stereocenters. The van der Waals surface area contributed by atoms with Crippen LogP contribution in [0.15, 0.2) is 21.1 Å². The van der Waals surface area contributed by atoms with Gasteiger partial charge in [0.2, 0.25) is 5.06 Å². The van der Waals surface area contributed by atoms with Gasteiger partial charge in [-0.1, -0.05) is 11.8 Å². The van der Waals surface area contributed by atoms with Gasteiger partial charge in [-0.05, 0) is 42.7 Å². The molecule has 5 heteroatoms. The number of nitrogens with two attached hydrogens (primary N) is 1. The molecule has 3 N–H and O–H groups in total. The Hall–Kier alpha value is 0.120. The fourth-order valence-corrected chi connectivity index (χ4v) is 2.09. The van der Waals surface area contributed by atoms with Gasteiger partial charge >= 0.3 is 0 Å². The molecule has 0 aromatic heterocycles. The number of hydrogen-bond donors (Lipinski definition) is 2.